The Labute approximate surface area is 250 Å². The predicted molar refractivity (Wildman–Crippen MR) is 171 cm³/mol. The summed E-state index contributed by atoms with van der Waals surface area (Å²) >= 11 is 6.35. The molecular weight excluding hydrogens is 542 g/mol. The van der Waals surface area contributed by atoms with E-state index in [1.165, 1.54) is 18.4 Å². The van der Waals surface area contributed by atoms with Crippen molar-refractivity contribution in [2.75, 3.05) is 10.2 Å². The van der Waals surface area contributed by atoms with E-state index in [-0.39, 0.29) is 6.04 Å². The minimum atomic E-state index is -0.216. The molecule has 0 saturated heterocycles. The van der Waals surface area contributed by atoms with Gasteiger partial charge >= 0.3 is 0 Å². The highest BCUT2D eigenvalue weighted by Gasteiger charge is 2.41. The van der Waals surface area contributed by atoms with Crippen molar-refractivity contribution in [3.63, 3.8) is 0 Å². The number of pyridine rings is 1. The molecule has 1 atom stereocenters. The minimum Gasteiger partial charge on any atom is -0.337 e. The van der Waals surface area contributed by atoms with E-state index in [9.17, 15) is 0 Å². The van der Waals surface area contributed by atoms with Crippen LogP contribution >= 0.6 is 11.6 Å². The number of aromatic nitrogens is 3. The van der Waals surface area contributed by atoms with Crippen LogP contribution in [0.4, 0.5) is 22.9 Å². The predicted octanol–water partition coefficient (Wildman–Crippen LogP) is 8.37. The van der Waals surface area contributed by atoms with Crippen molar-refractivity contribution >= 4 is 46.2 Å². The molecule has 42 heavy (non-hydrogen) atoms. The summed E-state index contributed by atoms with van der Waals surface area (Å²) in [6.45, 7) is 4.25. The van der Waals surface area contributed by atoms with E-state index in [1.54, 1.807) is 6.20 Å². The monoisotopic (exact) mass is 571 g/mol. The fourth-order valence-electron chi connectivity index (χ4n) is 5.67. The van der Waals surface area contributed by atoms with Crippen molar-refractivity contribution in [3.8, 4) is 5.82 Å². The van der Waals surface area contributed by atoms with Gasteiger partial charge in [0.15, 0.2) is 23.3 Å². The van der Waals surface area contributed by atoms with Crippen LogP contribution in [0.15, 0.2) is 107 Å². The average molecular weight is 572 g/mol. The van der Waals surface area contributed by atoms with Crippen LogP contribution in [0.5, 0.6) is 0 Å². The first-order valence-electron chi connectivity index (χ1n) is 14.3. The smallest absolute Gasteiger partial charge is 0.179 e. The molecule has 0 amide bonds. The van der Waals surface area contributed by atoms with Gasteiger partial charge in [-0.2, -0.15) is 9.78 Å². The van der Waals surface area contributed by atoms with Crippen LogP contribution in [0.25, 0.3) is 5.82 Å². The lowest BCUT2D eigenvalue weighted by atomic mass is 9.93. The molecular formula is C34H30ClN7. The maximum atomic E-state index is 6.35. The number of amidine groups is 2. The van der Waals surface area contributed by atoms with Gasteiger partial charge in [0.1, 0.15) is 0 Å². The number of benzene rings is 3. The number of anilines is 2. The Kier molecular flexibility index (Phi) is 6.80. The molecule has 4 heterocycles. The second kappa shape index (κ2) is 10.9. The molecule has 0 saturated carbocycles. The number of nitrogens with zero attached hydrogens (tertiary/aromatic N) is 6. The molecule has 0 bridgehead atoms. The quantitative estimate of drug-likeness (QED) is 0.222. The fraction of sp³-hybridized carbons (Fsp3) is 0.176. The zero-order valence-corrected chi connectivity index (χ0v) is 24.3. The van der Waals surface area contributed by atoms with Gasteiger partial charge < -0.3 is 10.2 Å². The van der Waals surface area contributed by atoms with E-state index >= 15 is 0 Å². The molecule has 0 spiro atoms. The van der Waals surface area contributed by atoms with Crippen molar-refractivity contribution < 1.29 is 0 Å². The van der Waals surface area contributed by atoms with Crippen LogP contribution in [0.2, 0.25) is 5.02 Å². The molecule has 2 aliphatic rings. The van der Waals surface area contributed by atoms with E-state index in [2.05, 4.69) is 64.6 Å². The number of nitrogens with one attached hydrogen (secondary N) is 1. The second-order valence-electron chi connectivity index (χ2n) is 10.6. The van der Waals surface area contributed by atoms with Crippen LogP contribution in [0.3, 0.4) is 0 Å². The summed E-state index contributed by atoms with van der Waals surface area (Å²) in [6.07, 6.45) is 5.21. The number of aliphatic imine (C=N–C) groups is 2. The lowest BCUT2D eigenvalue weighted by molar-refractivity contribution is 0.795. The van der Waals surface area contributed by atoms with E-state index < -0.39 is 0 Å². The summed E-state index contributed by atoms with van der Waals surface area (Å²) in [5.74, 6) is 2.83. The molecule has 1 unspecified atom stereocenters. The largest absolute Gasteiger partial charge is 0.337 e. The van der Waals surface area contributed by atoms with Gasteiger partial charge in [0.2, 0.25) is 0 Å². The molecule has 7 rings (SSSR count). The van der Waals surface area contributed by atoms with Gasteiger partial charge in [0.05, 0.1) is 23.1 Å². The minimum absolute atomic E-state index is 0.216. The summed E-state index contributed by atoms with van der Waals surface area (Å²) < 4.78 is 1.83. The summed E-state index contributed by atoms with van der Waals surface area (Å²) in [5, 5.41) is 9.23. The van der Waals surface area contributed by atoms with E-state index in [1.807, 2.05) is 60.1 Å². The van der Waals surface area contributed by atoms with Crippen LogP contribution in [0, 0.1) is 6.92 Å². The third kappa shape index (κ3) is 4.65. The van der Waals surface area contributed by atoms with Crippen molar-refractivity contribution in [2.24, 2.45) is 9.98 Å². The highest BCUT2D eigenvalue weighted by molar-refractivity contribution is 6.51. The molecule has 3 aromatic carbocycles. The number of unbranched alkanes of at least 4 members (excludes halogenated alkanes) is 1. The third-order valence-corrected chi connectivity index (χ3v) is 7.98. The zero-order chi connectivity index (χ0) is 28.6. The summed E-state index contributed by atoms with van der Waals surface area (Å²) in [5.41, 5.74) is 7.12. The number of hydrogen-bond donors (Lipinski definition) is 1. The third-order valence-electron chi connectivity index (χ3n) is 7.73. The molecule has 208 valence electrons. The number of fused-ring (bicyclic) bond motifs is 4. The van der Waals surface area contributed by atoms with Crippen LogP contribution < -0.4 is 10.2 Å². The normalized spacial score (nSPS) is 15.3. The van der Waals surface area contributed by atoms with Gasteiger partial charge in [0, 0.05) is 22.5 Å². The molecule has 0 fully saturated rings. The van der Waals surface area contributed by atoms with Crippen molar-refractivity contribution in [1.82, 2.24) is 14.8 Å². The van der Waals surface area contributed by atoms with Crippen LogP contribution in [0.1, 0.15) is 48.2 Å². The van der Waals surface area contributed by atoms with Gasteiger partial charge in [-0.1, -0.05) is 67.4 Å². The van der Waals surface area contributed by atoms with Gasteiger partial charge in [-0.05, 0) is 79.4 Å². The maximum absolute atomic E-state index is 6.35. The number of halogens is 1. The lowest BCUT2D eigenvalue weighted by Gasteiger charge is -2.40. The molecule has 0 aliphatic carbocycles. The topological polar surface area (TPSA) is 70.7 Å². The molecule has 7 nitrogen and oxygen atoms in total. The first-order valence-corrected chi connectivity index (χ1v) is 14.7. The SMILES string of the molecule is CCCCc1ccc(NC2=Nc3ccccc3N3C2=Nc2c(c(C)nn2-c2ccccn2)C3c2ccc(Cl)cc2)cc1. The first kappa shape index (κ1) is 26.2. The summed E-state index contributed by atoms with van der Waals surface area (Å²) in [4.78, 5) is 17.2. The highest BCUT2D eigenvalue weighted by atomic mass is 35.5. The van der Waals surface area contributed by atoms with Gasteiger partial charge in [0.25, 0.3) is 0 Å². The Morgan fingerprint density at radius 3 is 2.43 bits per heavy atom. The average Bonchev–Trinajstić information content (AvgIpc) is 3.36. The number of rotatable bonds is 6. The van der Waals surface area contributed by atoms with Gasteiger partial charge in [-0.25, -0.2) is 15.0 Å². The van der Waals surface area contributed by atoms with Gasteiger partial charge in [-0.3, -0.25) is 0 Å². The van der Waals surface area contributed by atoms with Crippen molar-refractivity contribution in [3.05, 3.63) is 125 Å². The zero-order valence-electron chi connectivity index (χ0n) is 23.5. The number of hydrogen-bond acceptors (Lipinski definition) is 6. The van der Waals surface area contributed by atoms with Crippen molar-refractivity contribution in [1.29, 1.82) is 0 Å². The summed E-state index contributed by atoms with van der Waals surface area (Å²) in [6, 6.07) is 30.4. The fourth-order valence-corrected chi connectivity index (χ4v) is 5.80. The Balaban J connectivity index is 1.41. The molecule has 2 aromatic heterocycles. The standard InChI is InChI=1S/C34H30ClN7/c1-3-4-9-23-13-19-26(20-14-23)37-32-34-39-33-30(22(2)40-42(33)29-12-7-8-21-36-29)31(24-15-17-25(35)18-16-24)41(34)28-11-6-5-10-27(28)38-32/h5-8,10-21,31H,3-4,9H2,1-2H3,(H,37,38). The van der Waals surface area contributed by atoms with Crippen molar-refractivity contribution in [2.45, 2.75) is 39.2 Å². The Hall–Kier alpha value is -4.75. The highest BCUT2D eigenvalue weighted by Crippen LogP contribution is 2.48. The van der Waals surface area contributed by atoms with Crippen LogP contribution in [-0.2, 0) is 6.42 Å². The second-order valence-corrected chi connectivity index (χ2v) is 11.0. The summed E-state index contributed by atoms with van der Waals surface area (Å²) in [7, 11) is 0. The molecule has 1 N–H and O–H groups in total. The Bertz CT molecular complexity index is 1810. The van der Waals surface area contributed by atoms with Gasteiger partial charge in [-0.15, -0.1) is 0 Å². The number of para-hydroxylation sites is 2. The lowest BCUT2D eigenvalue weighted by Crippen LogP contribution is -2.46. The molecule has 5 aromatic rings. The van der Waals surface area contributed by atoms with E-state index in [0.717, 1.165) is 46.1 Å². The first-order chi connectivity index (χ1) is 20.6. The Morgan fingerprint density at radius 2 is 1.67 bits per heavy atom. The maximum Gasteiger partial charge on any atom is 0.179 e. The van der Waals surface area contributed by atoms with E-state index in [0.29, 0.717) is 22.5 Å². The Morgan fingerprint density at radius 1 is 0.881 bits per heavy atom. The van der Waals surface area contributed by atoms with E-state index in [4.69, 9.17) is 26.7 Å². The molecule has 8 heteroatoms. The molecule has 2 aliphatic heterocycles. The number of aryl methyl sites for hydroxylation is 2. The molecule has 0 radical (unpaired) electrons. The van der Waals surface area contributed by atoms with Crippen LogP contribution in [-0.4, -0.2) is 26.4 Å².